The van der Waals surface area contributed by atoms with Crippen molar-refractivity contribution in [1.82, 2.24) is 15.0 Å². The zero-order valence-corrected chi connectivity index (χ0v) is 33.6. The zero-order valence-electron chi connectivity index (χ0n) is 33.6. The molecule has 63 heavy (non-hydrogen) atoms. The average molecular weight is 817 g/mol. The highest BCUT2D eigenvalue weighted by Gasteiger charge is 2.21. The van der Waals surface area contributed by atoms with E-state index < -0.39 is 17.7 Å². The van der Waals surface area contributed by atoms with Gasteiger partial charge in [0.2, 0.25) is 0 Å². The van der Waals surface area contributed by atoms with Crippen molar-refractivity contribution in [3.63, 3.8) is 0 Å². The number of anilines is 3. The minimum absolute atomic E-state index is 0.0915. The summed E-state index contributed by atoms with van der Waals surface area (Å²) in [4.78, 5) is 57.3. The van der Waals surface area contributed by atoms with Crippen LogP contribution >= 0.6 is 0 Å². The molecule has 3 N–H and O–H groups in total. The van der Waals surface area contributed by atoms with Crippen LogP contribution in [0.25, 0.3) is 66.1 Å². The number of nitrogens with one attached hydrogen (secondary N) is 3. The molecule has 9 nitrogen and oxygen atoms in total. The van der Waals surface area contributed by atoms with E-state index in [0.29, 0.717) is 17.1 Å². The van der Waals surface area contributed by atoms with Crippen LogP contribution < -0.4 is 16.0 Å². The topological polar surface area (TPSA) is 126 Å². The van der Waals surface area contributed by atoms with Crippen molar-refractivity contribution in [2.75, 3.05) is 16.0 Å². The van der Waals surface area contributed by atoms with Crippen molar-refractivity contribution in [3.05, 3.63) is 217 Å². The fourth-order valence-corrected chi connectivity index (χ4v) is 7.96. The molecule has 3 amide bonds. The van der Waals surface area contributed by atoms with Gasteiger partial charge in [0, 0.05) is 65.7 Å². The van der Waals surface area contributed by atoms with Crippen LogP contribution in [0.1, 0.15) is 31.1 Å². The van der Waals surface area contributed by atoms with Crippen LogP contribution in [-0.2, 0) is 0 Å². The Hall–Kier alpha value is -8.82. The van der Waals surface area contributed by atoms with Gasteiger partial charge in [0.15, 0.2) is 0 Å². The van der Waals surface area contributed by atoms with Crippen molar-refractivity contribution in [3.8, 4) is 33.8 Å². The normalized spacial score (nSPS) is 11.0. The van der Waals surface area contributed by atoms with Crippen LogP contribution in [0.5, 0.6) is 0 Å². The lowest BCUT2D eigenvalue weighted by Gasteiger charge is -2.15. The van der Waals surface area contributed by atoms with Crippen LogP contribution in [0.4, 0.5) is 17.1 Å². The predicted octanol–water partition coefficient (Wildman–Crippen LogP) is 12.1. The second-order valence-corrected chi connectivity index (χ2v) is 15.0. The lowest BCUT2D eigenvalue weighted by Crippen LogP contribution is -2.20. The van der Waals surface area contributed by atoms with Gasteiger partial charge in [0.05, 0.1) is 52.7 Å². The molecule has 0 aliphatic rings. The number of nitrogens with zero attached hydrogens (tertiary/aromatic N) is 3. The van der Waals surface area contributed by atoms with E-state index in [4.69, 9.17) is 15.0 Å². The van der Waals surface area contributed by atoms with Crippen LogP contribution in [-0.4, -0.2) is 32.7 Å². The van der Waals surface area contributed by atoms with Gasteiger partial charge in [-0.05, 0) is 18.2 Å². The Balaban J connectivity index is 1.02. The van der Waals surface area contributed by atoms with Crippen molar-refractivity contribution in [2.24, 2.45) is 0 Å². The van der Waals surface area contributed by atoms with Crippen LogP contribution in [0.2, 0.25) is 0 Å². The molecular weight excluding hydrogens is 781 g/mol. The number of carbonyl (C=O) groups is 3. The smallest absolute Gasteiger partial charge is 0.255 e. The lowest BCUT2D eigenvalue weighted by atomic mass is 10.0. The highest BCUT2D eigenvalue weighted by molar-refractivity contribution is 6.17. The fourth-order valence-electron chi connectivity index (χ4n) is 7.96. The van der Waals surface area contributed by atoms with E-state index in [0.717, 1.165) is 66.1 Å². The number of rotatable bonds is 9. The predicted molar refractivity (Wildman–Crippen MR) is 252 cm³/mol. The van der Waals surface area contributed by atoms with E-state index in [2.05, 4.69) is 16.0 Å². The Kier molecular flexibility index (Phi) is 10.2. The van der Waals surface area contributed by atoms with Crippen molar-refractivity contribution in [1.29, 1.82) is 0 Å². The zero-order chi connectivity index (χ0) is 42.7. The molecule has 0 bridgehead atoms. The second kappa shape index (κ2) is 16.7. The molecule has 0 saturated carbocycles. The van der Waals surface area contributed by atoms with E-state index in [-0.39, 0.29) is 16.7 Å². The van der Waals surface area contributed by atoms with Gasteiger partial charge < -0.3 is 16.0 Å². The average Bonchev–Trinajstić information content (AvgIpc) is 3.35. The minimum Gasteiger partial charge on any atom is -0.320 e. The maximum atomic E-state index is 14.4. The number of pyridine rings is 3. The molecular formula is C54H36N6O3. The summed E-state index contributed by atoms with van der Waals surface area (Å²) in [6, 6.07) is 57.1. The molecule has 7 aromatic carbocycles. The third-order valence-electron chi connectivity index (χ3n) is 11.0. The molecule has 0 fully saturated rings. The summed E-state index contributed by atoms with van der Waals surface area (Å²) in [6.07, 6.45) is 4.88. The van der Waals surface area contributed by atoms with Gasteiger partial charge in [0.1, 0.15) is 0 Å². The molecule has 3 aromatic heterocycles. The van der Waals surface area contributed by atoms with Gasteiger partial charge in [-0.3, -0.25) is 29.3 Å². The first-order valence-corrected chi connectivity index (χ1v) is 20.4. The van der Waals surface area contributed by atoms with E-state index in [1.807, 2.05) is 164 Å². The second-order valence-electron chi connectivity index (χ2n) is 15.0. The highest BCUT2D eigenvalue weighted by atomic mass is 16.2. The maximum Gasteiger partial charge on any atom is 0.255 e. The Morgan fingerprint density at radius 3 is 0.810 bits per heavy atom. The number of aromatic nitrogens is 3. The summed E-state index contributed by atoms with van der Waals surface area (Å²) in [5, 5.41) is 14.0. The highest BCUT2D eigenvalue weighted by Crippen LogP contribution is 2.35. The Morgan fingerprint density at radius 1 is 0.302 bits per heavy atom. The fraction of sp³-hybridized carbons (Fsp3) is 0. The molecule has 3 heterocycles. The molecule has 9 heteroatoms. The van der Waals surface area contributed by atoms with Gasteiger partial charge in [0.25, 0.3) is 17.7 Å². The number of hydrogen-bond donors (Lipinski definition) is 3. The van der Waals surface area contributed by atoms with Crippen molar-refractivity contribution < 1.29 is 14.4 Å². The molecule has 0 saturated heterocycles. The summed E-state index contributed by atoms with van der Waals surface area (Å²) in [5.41, 5.74) is 6.86. The molecule has 0 aliphatic heterocycles. The minimum atomic E-state index is -0.531. The van der Waals surface area contributed by atoms with Crippen LogP contribution in [0, 0.1) is 0 Å². The number of carbonyl (C=O) groups excluding carboxylic acids is 3. The summed E-state index contributed by atoms with van der Waals surface area (Å²) in [6.45, 7) is 0. The summed E-state index contributed by atoms with van der Waals surface area (Å²) in [7, 11) is 0. The van der Waals surface area contributed by atoms with Gasteiger partial charge in [-0.15, -0.1) is 0 Å². The number of fused-ring (bicyclic) bond motifs is 3. The Morgan fingerprint density at radius 2 is 0.540 bits per heavy atom. The largest absolute Gasteiger partial charge is 0.320 e. The molecule has 0 unspecified atom stereocenters. The van der Waals surface area contributed by atoms with Gasteiger partial charge in [-0.2, -0.15) is 0 Å². The first-order valence-electron chi connectivity index (χ1n) is 20.4. The summed E-state index contributed by atoms with van der Waals surface area (Å²) < 4.78 is 0. The van der Waals surface area contributed by atoms with Crippen molar-refractivity contribution >= 4 is 67.1 Å². The van der Waals surface area contributed by atoms with Gasteiger partial charge in [-0.25, -0.2) is 0 Å². The van der Waals surface area contributed by atoms with Gasteiger partial charge >= 0.3 is 0 Å². The molecule has 0 spiro atoms. The van der Waals surface area contributed by atoms with E-state index >= 15 is 0 Å². The molecule has 0 radical (unpaired) electrons. The van der Waals surface area contributed by atoms with Crippen LogP contribution in [0.3, 0.4) is 0 Å². The quantitative estimate of drug-likeness (QED) is 0.133. The third kappa shape index (κ3) is 7.62. The standard InChI is InChI=1S/C54H36N6O3/c61-52(58-46-31-55-49(34-16-4-1-5-17-34)43-25-13-10-22-40(43)46)37-28-38(53(62)59-47-32-56-50(35-18-6-2-7-19-35)44-26-14-11-23-41(44)47)30-39(29-37)54(63)60-48-33-57-51(36-20-8-3-9-21-36)45-27-15-12-24-42(45)48/h1-33H,(H,58,61)(H,59,62)(H,60,63). The SMILES string of the molecule is O=C(Nc1cnc(-c2ccccc2)c2ccccc12)c1cc(C(=O)Nc2cnc(-c3ccccc3)c3ccccc23)cc(C(=O)Nc2cnc(-c3ccccc3)c3ccccc23)c1. The van der Waals surface area contributed by atoms with E-state index in [9.17, 15) is 14.4 Å². The molecule has 300 valence electrons. The molecule has 0 aliphatic carbocycles. The number of amides is 3. The summed E-state index contributed by atoms with van der Waals surface area (Å²) >= 11 is 0. The molecule has 10 aromatic rings. The van der Waals surface area contributed by atoms with Crippen molar-refractivity contribution in [2.45, 2.75) is 0 Å². The van der Waals surface area contributed by atoms with E-state index in [1.165, 1.54) is 18.2 Å². The van der Waals surface area contributed by atoms with Crippen LogP contribution in [0.15, 0.2) is 201 Å². The van der Waals surface area contributed by atoms with Gasteiger partial charge in [-0.1, -0.05) is 164 Å². The lowest BCUT2D eigenvalue weighted by molar-refractivity contribution is 0.102. The third-order valence-corrected chi connectivity index (χ3v) is 11.0. The molecule has 10 rings (SSSR count). The first kappa shape index (κ1) is 38.4. The summed E-state index contributed by atoms with van der Waals surface area (Å²) in [5.74, 6) is -1.59. The monoisotopic (exact) mass is 816 g/mol. The molecule has 0 atom stereocenters. The maximum absolute atomic E-state index is 14.4. The Bertz CT molecular complexity index is 3010. The van der Waals surface area contributed by atoms with E-state index in [1.54, 1.807) is 18.6 Å². The number of hydrogen-bond acceptors (Lipinski definition) is 6. The number of benzene rings is 7. The first-order chi connectivity index (χ1) is 31.0. The Labute approximate surface area is 362 Å².